The predicted octanol–water partition coefficient (Wildman–Crippen LogP) is 11.5. The highest BCUT2D eigenvalue weighted by Crippen LogP contribution is 2.37. The van der Waals surface area contributed by atoms with E-state index in [-0.39, 0.29) is 40.6 Å². The number of aromatic hydroxyl groups is 2. The van der Waals surface area contributed by atoms with Gasteiger partial charge in [0.15, 0.2) is 35.5 Å². The lowest BCUT2D eigenvalue weighted by molar-refractivity contribution is 0.0475. The van der Waals surface area contributed by atoms with Gasteiger partial charge in [-0.25, -0.2) is 29.9 Å². The summed E-state index contributed by atoms with van der Waals surface area (Å²) in [6.45, 7) is 9.86. The van der Waals surface area contributed by atoms with Crippen molar-refractivity contribution in [2.45, 2.75) is 39.0 Å². The summed E-state index contributed by atoms with van der Waals surface area (Å²) in [5.41, 5.74) is 28.1. The van der Waals surface area contributed by atoms with E-state index < -0.39 is 0 Å². The number of hydrogen-bond acceptors (Lipinski definition) is 16. The molecule has 14 rings (SSSR count). The van der Waals surface area contributed by atoms with E-state index in [1.54, 1.807) is 24.4 Å². The summed E-state index contributed by atoms with van der Waals surface area (Å²) < 4.78 is 4.08. The number of hydrogen-bond donors (Lipinski definition) is 4. The number of nitrogen functional groups attached to an aromatic ring is 2. The number of carbonyl (C=O) groups is 3. The van der Waals surface area contributed by atoms with Crippen molar-refractivity contribution in [3.63, 3.8) is 0 Å². The maximum Gasteiger partial charge on any atom is 0.254 e. The number of aldehydes is 2. The highest BCUT2D eigenvalue weighted by atomic mass is 16.3. The van der Waals surface area contributed by atoms with Crippen molar-refractivity contribution < 1.29 is 24.6 Å². The van der Waals surface area contributed by atoms with Crippen LogP contribution in [0.3, 0.4) is 0 Å². The average molecular weight is 1220 g/mol. The number of amides is 1. The summed E-state index contributed by atoms with van der Waals surface area (Å²) in [7, 11) is 0. The smallest absolute Gasteiger partial charge is 0.254 e. The van der Waals surface area contributed by atoms with Crippen LogP contribution < -0.4 is 16.4 Å². The van der Waals surface area contributed by atoms with Crippen LogP contribution in [0.4, 0.5) is 17.3 Å². The highest BCUT2D eigenvalue weighted by Gasteiger charge is 2.30. The largest absolute Gasteiger partial charge is 0.507 e. The summed E-state index contributed by atoms with van der Waals surface area (Å²) in [6.07, 6.45) is 2.90. The number of fused-ring (bicyclic) bond motifs is 2. The van der Waals surface area contributed by atoms with Crippen LogP contribution >= 0.6 is 0 Å². The zero-order valence-corrected chi connectivity index (χ0v) is 50.6. The van der Waals surface area contributed by atoms with Gasteiger partial charge in [-0.2, -0.15) is 0 Å². The van der Waals surface area contributed by atoms with Crippen LogP contribution in [0.2, 0.25) is 0 Å². The lowest BCUT2D eigenvalue weighted by atomic mass is 10.0. The molecule has 0 unspecified atom stereocenters. The number of carbonyl (C=O) groups excluding carboxylic acids is 3. The molecule has 6 aromatic carbocycles. The number of anilines is 3. The van der Waals surface area contributed by atoms with Gasteiger partial charge in [-0.1, -0.05) is 72.8 Å². The number of nitrogens with zero attached hydrogens (tertiary/aromatic N) is 12. The molecule has 6 N–H and O–H groups in total. The summed E-state index contributed by atoms with van der Waals surface area (Å²) in [5.74, 6) is 1.44. The Balaban J connectivity index is 0.729. The number of piperazine rings is 2. The maximum atomic E-state index is 13.5. The maximum absolute atomic E-state index is 13.5. The number of pyridine rings is 4. The summed E-state index contributed by atoms with van der Waals surface area (Å²) >= 11 is 0. The number of rotatable bonds is 15. The van der Waals surface area contributed by atoms with Crippen LogP contribution in [-0.2, 0) is 13.1 Å². The molecule has 2 aliphatic heterocycles. The molecule has 0 radical (unpaired) electrons. The second kappa shape index (κ2) is 24.5. The first kappa shape index (κ1) is 58.3. The van der Waals surface area contributed by atoms with Gasteiger partial charge in [0.1, 0.15) is 34.2 Å². The van der Waals surface area contributed by atoms with Crippen molar-refractivity contribution in [2.24, 2.45) is 0 Å². The van der Waals surface area contributed by atoms with Gasteiger partial charge in [0, 0.05) is 116 Å². The van der Waals surface area contributed by atoms with Crippen LogP contribution in [-0.4, -0.2) is 134 Å². The fourth-order valence-electron chi connectivity index (χ4n) is 12.8. The number of phenols is 2. The number of imidazole rings is 2. The molecule has 1 amide bonds. The van der Waals surface area contributed by atoms with Crippen molar-refractivity contribution in [3.05, 3.63) is 222 Å². The van der Waals surface area contributed by atoms with Crippen LogP contribution in [0, 0.1) is 0 Å². The van der Waals surface area contributed by atoms with Gasteiger partial charge in [0.25, 0.3) is 5.91 Å². The van der Waals surface area contributed by atoms with Crippen molar-refractivity contribution >= 4 is 58.1 Å². The van der Waals surface area contributed by atoms with Crippen LogP contribution in [0.15, 0.2) is 194 Å². The molecular formula is C73H64N14O5. The van der Waals surface area contributed by atoms with Crippen LogP contribution in [0.1, 0.15) is 56.0 Å². The molecular weight excluding hydrogens is 1150 g/mol. The normalized spacial score (nSPS) is 15.5. The molecule has 19 nitrogen and oxygen atoms in total. The van der Waals surface area contributed by atoms with Crippen molar-refractivity contribution in [1.29, 1.82) is 0 Å². The Labute approximate surface area is 530 Å². The molecule has 2 fully saturated rings. The zero-order valence-electron chi connectivity index (χ0n) is 50.6. The van der Waals surface area contributed by atoms with E-state index in [1.165, 1.54) is 12.1 Å². The second-order valence-corrected chi connectivity index (χ2v) is 23.6. The Morgan fingerprint density at radius 1 is 0.500 bits per heavy atom. The number of phenolic OH excluding ortho intramolecular Hbond substituents is 2. The minimum absolute atomic E-state index is 0.00929. The lowest BCUT2D eigenvalue weighted by Crippen LogP contribution is -2.53. The summed E-state index contributed by atoms with van der Waals surface area (Å²) in [5, 5.41) is 20.7. The molecule has 12 aromatic rings. The Bertz CT molecular complexity index is 4800. The fourth-order valence-corrected chi connectivity index (χ4v) is 12.8. The van der Waals surface area contributed by atoms with Gasteiger partial charge in [-0.3, -0.25) is 33.3 Å². The quantitative estimate of drug-likeness (QED) is 0.0697. The average Bonchev–Trinajstić information content (AvgIpc) is 1.69. The molecule has 8 heterocycles. The minimum Gasteiger partial charge on any atom is -0.507 e. The Hall–Kier alpha value is -11.4. The predicted molar refractivity (Wildman–Crippen MR) is 358 cm³/mol. The number of nitrogens with two attached hydrogens (primary N) is 2. The third-order valence-corrected chi connectivity index (χ3v) is 17.5. The third kappa shape index (κ3) is 11.3. The molecule has 0 aliphatic carbocycles. The van der Waals surface area contributed by atoms with Crippen molar-refractivity contribution in [3.8, 4) is 79.4 Å². The topological polar surface area (TPSA) is 244 Å². The van der Waals surface area contributed by atoms with Gasteiger partial charge in [-0.05, 0) is 134 Å². The lowest BCUT2D eigenvalue weighted by Gasteiger charge is -2.41. The standard InChI is InChI=1S/C73H64N14O5/c1-45-39-82(32-34-84(45)57-24-19-54(44-89)66(91)38-57)41-47-15-22-56(23-16-47)87-70(81-63-29-27-60(78-71(63)87)49-8-4-3-5-9-49)59-25-26-61(77-68(59)75)50-10-6-11-51(36-50)62-28-30-64-72(79-62)86(69(80-64)58-12-7-31-76-67(58)74)55-20-13-48(14-21-55)42-83-33-35-85(46(2)40-83)73(92)52-17-18-53(43-88)65(90)37-52/h3-31,36-38,43-46,90-91H,32-35,39-42H2,1-2H3,(H2,74,76)(H2,75,77)/t45-,46-/m0/s1. The Morgan fingerprint density at radius 2 is 1.03 bits per heavy atom. The van der Waals surface area contributed by atoms with Gasteiger partial charge >= 0.3 is 0 Å². The van der Waals surface area contributed by atoms with E-state index in [4.69, 9.17) is 36.4 Å². The molecule has 19 heteroatoms. The van der Waals surface area contributed by atoms with E-state index in [0.717, 1.165) is 76.8 Å². The van der Waals surface area contributed by atoms with Crippen molar-refractivity contribution in [1.82, 2.24) is 53.7 Å². The first-order chi connectivity index (χ1) is 44.8. The minimum atomic E-state index is -0.210. The van der Waals surface area contributed by atoms with E-state index in [9.17, 15) is 24.6 Å². The highest BCUT2D eigenvalue weighted by molar-refractivity contribution is 5.96. The van der Waals surface area contributed by atoms with Gasteiger partial charge in [0.2, 0.25) is 0 Å². The molecule has 6 aromatic heterocycles. The molecule has 2 atom stereocenters. The number of aromatic nitrogens is 8. The monoisotopic (exact) mass is 1220 g/mol. The van der Waals surface area contributed by atoms with E-state index >= 15 is 0 Å². The molecule has 0 saturated carbocycles. The third-order valence-electron chi connectivity index (χ3n) is 17.5. The first-order valence-corrected chi connectivity index (χ1v) is 30.5. The van der Waals surface area contributed by atoms with Crippen molar-refractivity contribution in [2.75, 3.05) is 55.6 Å². The Morgan fingerprint density at radius 3 is 1.60 bits per heavy atom. The second-order valence-electron chi connectivity index (χ2n) is 23.6. The van der Waals surface area contributed by atoms with Crippen LogP contribution in [0.25, 0.3) is 90.3 Å². The Kier molecular flexibility index (Phi) is 15.5. The molecule has 456 valence electrons. The molecule has 2 saturated heterocycles. The van der Waals surface area contributed by atoms with E-state index in [0.29, 0.717) is 112 Å². The molecule has 0 spiro atoms. The van der Waals surface area contributed by atoms with E-state index in [1.807, 2.05) is 120 Å². The molecule has 2 aliphatic rings. The number of benzene rings is 6. The molecule has 0 bridgehead atoms. The summed E-state index contributed by atoms with van der Waals surface area (Å²) in [6, 6.07) is 60.4. The SMILES string of the molecule is C[C@H]1CN(Cc2ccc(-n3c(-c4cccnc4N)nc4ccc(-c5cccc(-c6ccc(-c7nc8ccc(-c9ccccc9)nc8n7-c7ccc(CN8CCN(c9ccc(C=O)c(O)c9)[C@@H](C)C8)cc7)c(N)n6)c5)nc43)cc2)CCN1C(=O)c1ccc(C=O)c(O)c1. The van der Waals surface area contributed by atoms with Gasteiger partial charge in [0.05, 0.1) is 39.3 Å². The first-order valence-electron chi connectivity index (χ1n) is 30.5. The van der Waals surface area contributed by atoms with Gasteiger partial charge < -0.3 is 31.5 Å². The fraction of sp³-hybridized carbons (Fsp3) is 0.164. The van der Waals surface area contributed by atoms with Crippen LogP contribution in [0.5, 0.6) is 11.5 Å². The molecule has 92 heavy (non-hydrogen) atoms. The van der Waals surface area contributed by atoms with E-state index in [2.05, 4.69) is 85.8 Å². The summed E-state index contributed by atoms with van der Waals surface area (Å²) in [4.78, 5) is 75.3. The van der Waals surface area contributed by atoms with Gasteiger partial charge in [-0.15, -0.1) is 0 Å². The zero-order chi connectivity index (χ0) is 63.1.